The Balaban J connectivity index is 2.38. The number of hydrogen-bond acceptors (Lipinski definition) is 2. The van der Waals surface area contributed by atoms with Crippen molar-refractivity contribution in [2.24, 2.45) is 11.8 Å². The molecule has 0 bridgehead atoms. The summed E-state index contributed by atoms with van der Waals surface area (Å²) in [5, 5.41) is 3.04. The molecular weight excluding hydrogens is 164 g/mol. The lowest BCUT2D eigenvalue weighted by molar-refractivity contribution is -0.133. The number of carbonyl (C=O) groups excluding carboxylic acids is 1. The number of nitrogens with zero attached hydrogens (tertiary/aromatic N) is 1. The van der Waals surface area contributed by atoms with Gasteiger partial charge < -0.3 is 10.2 Å². The van der Waals surface area contributed by atoms with Crippen LogP contribution < -0.4 is 5.32 Å². The zero-order chi connectivity index (χ0) is 9.84. The van der Waals surface area contributed by atoms with Gasteiger partial charge in [0.1, 0.15) is 0 Å². The van der Waals surface area contributed by atoms with Crippen LogP contribution in [0.25, 0.3) is 0 Å². The maximum Gasteiger partial charge on any atom is 0.226 e. The van der Waals surface area contributed by atoms with Gasteiger partial charge in [-0.2, -0.15) is 0 Å². The normalized spacial score (nSPS) is 24.8. The summed E-state index contributed by atoms with van der Waals surface area (Å²) in [6.07, 6.45) is 1.16. The van der Waals surface area contributed by atoms with E-state index in [9.17, 15) is 4.79 Å². The zero-order valence-electron chi connectivity index (χ0n) is 8.84. The van der Waals surface area contributed by atoms with Crippen LogP contribution in [0.1, 0.15) is 20.3 Å². The lowest BCUT2D eigenvalue weighted by Gasteiger charge is -2.20. The highest BCUT2D eigenvalue weighted by Gasteiger charge is 2.26. The van der Waals surface area contributed by atoms with Crippen molar-refractivity contribution < 1.29 is 4.79 Å². The molecule has 0 radical (unpaired) electrons. The Morgan fingerprint density at radius 1 is 1.69 bits per heavy atom. The zero-order valence-corrected chi connectivity index (χ0v) is 8.84. The van der Waals surface area contributed by atoms with Crippen molar-refractivity contribution in [3.63, 3.8) is 0 Å². The Bertz CT molecular complexity index is 182. The molecule has 0 aromatic carbocycles. The minimum absolute atomic E-state index is 0.121. The summed E-state index contributed by atoms with van der Waals surface area (Å²) in [6, 6.07) is 0. The quantitative estimate of drug-likeness (QED) is 0.700. The van der Waals surface area contributed by atoms with E-state index in [2.05, 4.69) is 12.2 Å². The van der Waals surface area contributed by atoms with E-state index in [4.69, 9.17) is 0 Å². The second-order valence-corrected chi connectivity index (χ2v) is 4.14. The molecule has 13 heavy (non-hydrogen) atoms. The first-order chi connectivity index (χ1) is 6.15. The van der Waals surface area contributed by atoms with Crippen molar-refractivity contribution in [1.29, 1.82) is 0 Å². The summed E-state index contributed by atoms with van der Waals surface area (Å²) in [6.45, 7) is 6.88. The van der Waals surface area contributed by atoms with Gasteiger partial charge in [-0.15, -0.1) is 0 Å². The van der Waals surface area contributed by atoms with E-state index in [0.29, 0.717) is 11.8 Å². The summed E-state index contributed by atoms with van der Waals surface area (Å²) < 4.78 is 0. The highest BCUT2D eigenvalue weighted by molar-refractivity contribution is 5.79. The van der Waals surface area contributed by atoms with Crippen molar-refractivity contribution in [3.05, 3.63) is 0 Å². The summed E-state index contributed by atoms with van der Waals surface area (Å²) in [5.74, 6) is 1.11. The Kier molecular flexibility index (Phi) is 3.72. The van der Waals surface area contributed by atoms with Gasteiger partial charge in [0.2, 0.25) is 5.91 Å². The summed E-state index contributed by atoms with van der Waals surface area (Å²) in [7, 11) is 1.89. The molecular formula is C10H20N2O. The average molecular weight is 184 g/mol. The van der Waals surface area contributed by atoms with E-state index in [1.807, 2.05) is 18.9 Å². The molecule has 1 aliphatic rings. The monoisotopic (exact) mass is 184 g/mol. The van der Waals surface area contributed by atoms with Crippen LogP contribution in [0, 0.1) is 11.8 Å². The molecule has 3 nitrogen and oxygen atoms in total. The van der Waals surface area contributed by atoms with E-state index in [0.717, 1.165) is 26.1 Å². The molecule has 1 N–H and O–H groups in total. The van der Waals surface area contributed by atoms with Crippen molar-refractivity contribution >= 4 is 5.91 Å². The predicted octanol–water partition coefficient (Wildman–Crippen LogP) is 0.710. The Morgan fingerprint density at radius 3 is 2.85 bits per heavy atom. The lowest BCUT2D eigenvalue weighted by atomic mass is 10.1. The summed E-state index contributed by atoms with van der Waals surface area (Å²) >= 11 is 0. The summed E-state index contributed by atoms with van der Waals surface area (Å²) in [4.78, 5) is 13.8. The van der Waals surface area contributed by atoms with Crippen LogP contribution in [0.15, 0.2) is 0 Å². The number of hydrogen-bond donors (Lipinski definition) is 1. The van der Waals surface area contributed by atoms with Gasteiger partial charge in [-0.3, -0.25) is 4.79 Å². The van der Waals surface area contributed by atoms with Gasteiger partial charge in [-0.05, 0) is 19.4 Å². The van der Waals surface area contributed by atoms with Gasteiger partial charge in [-0.1, -0.05) is 13.8 Å². The molecule has 0 aromatic rings. The first-order valence-corrected chi connectivity index (χ1v) is 5.08. The number of amides is 1. The summed E-state index contributed by atoms with van der Waals surface area (Å²) in [5.41, 5.74) is 0. The van der Waals surface area contributed by atoms with Gasteiger partial charge in [0.05, 0.1) is 0 Å². The van der Waals surface area contributed by atoms with Gasteiger partial charge in [0, 0.05) is 25.6 Å². The fourth-order valence-corrected chi connectivity index (χ4v) is 1.84. The third-order valence-electron chi connectivity index (χ3n) is 2.67. The van der Waals surface area contributed by atoms with Crippen LogP contribution in [0.3, 0.4) is 0 Å². The van der Waals surface area contributed by atoms with Gasteiger partial charge in [-0.25, -0.2) is 0 Å². The molecule has 1 heterocycles. The molecule has 0 spiro atoms. The van der Waals surface area contributed by atoms with Crippen molar-refractivity contribution in [2.45, 2.75) is 20.3 Å². The molecule has 1 aliphatic heterocycles. The number of nitrogens with one attached hydrogen (secondary N) is 1. The predicted molar refractivity (Wildman–Crippen MR) is 53.5 cm³/mol. The first kappa shape index (κ1) is 10.5. The third kappa shape index (κ3) is 2.69. The minimum atomic E-state index is 0.121. The number of rotatable bonds is 3. The van der Waals surface area contributed by atoms with Crippen molar-refractivity contribution in [3.8, 4) is 0 Å². The van der Waals surface area contributed by atoms with Crippen LogP contribution >= 0.6 is 0 Å². The molecule has 3 heteroatoms. The molecule has 1 fully saturated rings. The molecule has 1 saturated heterocycles. The SMILES string of the molecule is CNCC(C)C(=O)N1CCC(C)C1. The first-order valence-electron chi connectivity index (χ1n) is 5.08. The van der Waals surface area contributed by atoms with E-state index >= 15 is 0 Å². The largest absolute Gasteiger partial charge is 0.342 e. The Labute approximate surface area is 80.5 Å². The van der Waals surface area contributed by atoms with E-state index in [1.165, 1.54) is 0 Å². The van der Waals surface area contributed by atoms with Crippen LogP contribution in [0.2, 0.25) is 0 Å². The Hall–Kier alpha value is -0.570. The molecule has 2 unspecified atom stereocenters. The van der Waals surface area contributed by atoms with Crippen molar-refractivity contribution in [2.75, 3.05) is 26.7 Å². The van der Waals surface area contributed by atoms with Crippen LogP contribution in [0.5, 0.6) is 0 Å². The van der Waals surface area contributed by atoms with E-state index < -0.39 is 0 Å². The Morgan fingerprint density at radius 2 is 2.38 bits per heavy atom. The third-order valence-corrected chi connectivity index (χ3v) is 2.67. The minimum Gasteiger partial charge on any atom is -0.342 e. The second-order valence-electron chi connectivity index (χ2n) is 4.14. The van der Waals surface area contributed by atoms with Crippen molar-refractivity contribution in [1.82, 2.24) is 10.2 Å². The molecule has 0 aliphatic carbocycles. The van der Waals surface area contributed by atoms with Gasteiger partial charge in [0.25, 0.3) is 0 Å². The maximum absolute atomic E-state index is 11.8. The maximum atomic E-state index is 11.8. The fraction of sp³-hybridized carbons (Fsp3) is 0.900. The molecule has 1 amide bonds. The topological polar surface area (TPSA) is 32.3 Å². The van der Waals surface area contributed by atoms with Gasteiger partial charge >= 0.3 is 0 Å². The van der Waals surface area contributed by atoms with Crippen LogP contribution in [-0.4, -0.2) is 37.5 Å². The lowest BCUT2D eigenvalue weighted by Crippen LogP contribution is -2.37. The van der Waals surface area contributed by atoms with Crippen LogP contribution in [0.4, 0.5) is 0 Å². The molecule has 1 rings (SSSR count). The smallest absolute Gasteiger partial charge is 0.226 e. The number of likely N-dealkylation sites (tertiary alicyclic amines) is 1. The van der Waals surface area contributed by atoms with Crippen LogP contribution in [-0.2, 0) is 4.79 Å². The average Bonchev–Trinajstić information content (AvgIpc) is 2.51. The molecule has 0 saturated carbocycles. The fourth-order valence-electron chi connectivity index (χ4n) is 1.84. The van der Waals surface area contributed by atoms with E-state index in [-0.39, 0.29) is 5.92 Å². The second kappa shape index (κ2) is 4.61. The highest BCUT2D eigenvalue weighted by atomic mass is 16.2. The molecule has 0 aromatic heterocycles. The van der Waals surface area contributed by atoms with E-state index in [1.54, 1.807) is 0 Å². The highest BCUT2D eigenvalue weighted by Crippen LogP contribution is 2.17. The number of carbonyl (C=O) groups is 1. The van der Waals surface area contributed by atoms with Gasteiger partial charge in [0.15, 0.2) is 0 Å². The standard InChI is InChI=1S/C10H20N2O/c1-8-4-5-12(7-8)10(13)9(2)6-11-3/h8-9,11H,4-7H2,1-3H3. The molecule has 76 valence electrons. The molecule has 2 atom stereocenters.